The molecule has 3 unspecified atom stereocenters. The third kappa shape index (κ3) is 8.39. The topological polar surface area (TPSA) is 187 Å². The van der Waals surface area contributed by atoms with Gasteiger partial charge in [0.25, 0.3) is 0 Å². The number of amides is 2. The summed E-state index contributed by atoms with van der Waals surface area (Å²) in [4.78, 5) is 53.5. The van der Waals surface area contributed by atoms with Crippen molar-refractivity contribution in [1.29, 1.82) is 0 Å². The van der Waals surface area contributed by atoms with Gasteiger partial charge in [-0.2, -0.15) is 11.8 Å². The average molecular weight is 415 g/mol. The molecule has 0 fully saturated rings. The molecule has 0 radical (unpaired) electrons. The maximum atomic E-state index is 12.5. The van der Waals surface area contributed by atoms with Crippen molar-refractivity contribution in [2.24, 2.45) is 5.73 Å². The number of rotatable bonds is 13. The lowest BCUT2D eigenvalue weighted by Crippen LogP contribution is -2.55. The number of aromatic nitrogens is 2. The van der Waals surface area contributed by atoms with Crippen LogP contribution in [0.1, 0.15) is 25.0 Å². The average Bonchev–Trinajstić information content (AvgIpc) is 3.14. The zero-order valence-electron chi connectivity index (χ0n) is 15.4. The molecule has 1 heterocycles. The van der Waals surface area contributed by atoms with Crippen LogP contribution in [0.3, 0.4) is 0 Å². The third-order valence-electron chi connectivity index (χ3n) is 3.84. The van der Waals surface area contributed by atoms with Gasteiger partial charge in [-0.05, 0) is 24.9 Å². The van der Waals surface area contributed by atoms with E-state index < -0.39 is 41.9 Å². The van der Waals surface area contributed by atoms with E-state index >= 15 is 0 Å². The van der Waals surface area contributed by atoms with E-state index in [-0.39, 0.29) is 25.7 Å². The number of thioether (sulfide) groups is 1. The number of aliphatic carboxylic acids is 2. The van der Waals surface area contributed by atoms with Crippen LogP contribution >= 0.6 is 11.8 Å². The van der Waals surface area contributed by atoms with Gasteiger partial charge in [0, 0.05) is 24.7 Å². The number of H-pyrrole nitrogens is 1. The molecular formula is C16H25N5O6S. The summed E-state index contributed by atoms with van der Waals surface area (Å²) in [5.74, 6) is -3.26. The number of carbonyl (C=O) groups is 4. The monoisotopic (exact) mass is 415 g/mol. The Hall–Kier alpha value is -2.60. The van der Waals surface area contributed by atoms with Gasteiger partial charge in [-0.3, -0.25) is 14.4 Å². The summed E-state index contributed by atoms with van der Waals surface area (Å²) in [5.41, 5.74) is 6.45. The number of imidazole rings is 1. The van der Waals surface area contributed by atoms with E-state index in [1.807, 2.05) is 0 Å². The van der Waals surface area contributed by atoms with E-state index in [4.69, 9.17) is 10.8 Å². The molecule has 0 aliphatic carbocycles. The normalized spacial score (nSPS) is 13.9. The van der Waals surface area contributed by atoms with Crippen LogP contribution in [0.25, 0.3) is 0 Å². The zero-order chi connectivity index (χ0) is 21.1. The Morgan fingerprint density at radius 1 is 1.18 bits per heavy atom. The molecular weight excluding hydrogens is 390 g/mol. The van der Waals surface area contributed by atoms with Crippen molar-refractivity contribution < 1.29 is 29.4 Å². The fourth-order valence-corrected chi connectivity index (χ4v) is 2.78. The molecule has 1 aromatic rings. The first-order valence-corrected chi connectivity index (χ1v) is 9.91. The van der Waals surface area contributed by atoms with Crippen molar-refractivity contribution in [3.63, 3.8) is 0 Å². The predicted octanol–water partition coefficient (Wildman–Crippen LogP) is -1.05. The molecule has 12 heteroatoms. The fourth-order valence-electron chi connectivity index (χ4n) is 2.31. The van der Waals surface area contributed by atoms with Crippen molar-refractivity contribution >= 4 is 35.5 Å². The van der Waals surface area contributed by atoms with Crippen LogP contribution in [0.2, 0.25) is 0 Å². The summed E-state index contributed by atoms with van der Waals surface area (Å²) >= 11 is 1.43. The molecule has 156 valence electrons. The van der Waals surface area contributed by atoms with Gasteiger partial charge in [0.05, 0.1) is 12.4 Å². The first-order chi connectivity index (χ1) is 13.2. The first-order valence-electron chi connectivity index (χ1n) is 8.51. The Bertz CT molecular complexity index is 668. The molecule has 0 saturated carbocycles. The van der Waals surface area contributed by atoms with Crippen LogP contribution in [-0.2, 0) is 25.6 Å². The van der Waals surface area contributed by atoms with Crippen molar-refractivity contribution in [2.45, 2.75) is 43.8 Å². The van der Waals surface area contributed by atoms with E-state index in [0.717, 1.165) is 0 Å². The molecule has 28 heavy (non-hydrogen) atoms. The van der Waals surface area contributed by atoms with Crippen LogP contribution in [0.5, 0.6) is 0 Å². The van der Waals surface area contributed by atoms with Gasteiger partial charge in [0.15, 0.2) is 0 Å². The number of nitrogens with one attached hydrogen (secondary N) is 3. The van der Waals surface area contributed by atoms with Gasteiger partial charge < -0.3 is 31.6 Å². The second-order valence-electron chi connectivity index (χ2n) is 6.06. The summed E-state index contributed by atoms with van der Waals surface area (Å²) in [6.45, 7) is 0. The number of aromatic amines is 1. The lowest BCUT2D eigenvalue weighted by molar-refractivity contribution is -0.143. The maximum absolute atomic E-state index is 12.5. The molecule has 0 saturated heterocycles. The van der Waals surface area contributed by atoms with Gasteiger partial charge in [0.2, 0.25) is 11.8 Å². The largest absolute Gasteiger partial charge is 0.481 e. The summed E-state index contributed by atoms with van der Waals surface area (Å²) in [7, 11) is 0. The number of hydrogen-bond donors (Lipinski definition) is 6. The SMILES string of the molecule is CSCCC(NC(=O)C(CCC(=O)O)NC(=O)C(N)Cc1cnc[nH]1)C(=O)O. The van der Waals surface area contributed by atoms with E-state index in [9.17, 15) is 24.3 Å². The van der Waals surface area contributed by atoms with Crippen molar-refractivity contribution in [3.05, 3.63) is 18.2 Å². The molecule has 1 aromatic heterocycles. The molecule has 0 aliphatic rings. The number of carboxylic acids is 2. The second kappa shape index (κ2) is 12.0. The number of nitrogens with zero attached hydrogens (tertiary/aromatic N) is 1. The van der Waals surface area contributed by atoms with E-state index in [1.165, 1.54) is 24.3 Å². The van der Waals surface area contributed by atoms with Crippen LogP contribution in [0.15, 0.2) is 12.5 Å². The van der Waals surface area contributed by atoms with E-state index in [1.54, 1.807) is 6.26 Å². The highest BCUT2D eigenvalue weighted by Crippen LogP contribution is 2.05. The second-order valence-corrected chi connectivity index (χ2v) is 7.05. The molecule has 1 rings (SSSR count). The smallest absolute Gasteiger partial charge is 0.326 e. The lowest BCUT2D eigenvalue weighted by Gasteiger charge is -2.22. The first kappa shape index (κ1) is 23.4. The minimum Gasteiger partial charge on any atom is -0.481 e. The Kier molecular flexibility index (Phi) is 10.0. The summed E-state index contributed by atoms with van der Waals surface area (Å²) < 4.78 is 0. The Morgan fingerprint density at radius 2 is 1.86 bits per heavy atom. The van der Waals surface area contributed by atoms with Gasteiger partial charge >= 0.3 is 11.9 Å². The zero-order valence-corrected chi connectivity index (χ0v) is 16.2. The van der Waals surface area contributed by atoms with Gasteiger partial charge in [-0.25, -0.2) is 9.78 Å². The number of hydrogen-bond acceptors (Lipinski definition) is 7. The number of carbonyl (C=O) groups excluding carboxylic acids is 2. The maximum Gasteiger partial charge on any atom is 0.326 e. The molecule has 2 amide bonds. The highest BCUT2D eigenvalue weighted by atomic mass is 32.2. The molecule has 0 spiro atoms. The van der Waals surface area contributed by atoms with Crippen LogP contribution in [-0.4, -0.2) is 74.1 Å². The molecule has 11 nitrogen and oxygen atoms in total. The van der Waals surface area contributed by atoms with Crippen molar-refractivity contribution in [3.8, 4) is 0 Å². The summed E-state index contributed by atoms with van der Waals surface area (Å²) in [6.07, 6.45) is 4.51. The Labute approximate surface area is 165 Å². The van der Waals surface area contributed by atoms with Crippen molar-refractivity contribution in [1.82, 2.24) is 20.6 Å². The molecule has 7 N–H and O–H groups in total. The Balaban J connectivity index is 2.76. The Morgan fingerprint density at radius 3 is 2.39 bits per heavy atom. The molecule has 0 aromatic carbocycles. The molecule has 0 bridgehead atoms. The highest BCUT2D eigenvalue weighted by Gasteiger charge is 2.28. The van der Waals surface area contributed by atoms with Gasteiger partial charge in [-0.15, -0.1) is 0 Å². The fraction of sp³-hybridized carbons (Fsp3) is 0.562. The number of nitrogens with two attached hydrogens (primary N) is 1. The van der Waals surface area contributed by atoms with Gasteiger partial charge in [-0.1, -0.05) is 0 Å². The summed E-state index contributed by atoms with van der Waals surface area (Å²) in [6, 6.07) is -3.34. The quantitative estimate of drug-likeness (QED) is 0.234. The molecule has 0 aliphatic heterocycles. The van der Waals surface area contributed by atoms with Gasteiger partial charge in [0.1, 0.15) is 12.1 Å². The highest BCUT2D eigenvalue weighted by molar-refractivity contribution is 7.98. The minimum atomic E-state index is -1.22. The van der Waals surface area contributed by atoms with Crippen LogP contribution in [0, 0.1) is 0 Å². The van der Waals surface area contributed by atoms with Crippen LogP contribution in [0.4, 0.5) is 0 Å². The summed E-state index contributed by atoms with van der Waals surface area (Å²) in [5, 5.41) is 22.9. The van der Waals surface area contributed by atoms with Crippen LogP contribution < -0.4 is 16.4 Å². The van der Waals surface area contributed by atoms with Crippen molar-refractivity contribution in [2.75, 3.05) is 12.0 Å². The molecule has 3 atom stereocenters. The third-order valence-corrected chi connectivity index (χ3v) is 4.48. The lowest BCUT2D eigenvalue weighted by atomic mass is 10.1. The van der Waals surface area contributed by atoms with E-state index in [2.05, 4.69) is 20.6 Å². The van der Waals surface area contributed by atoms with E-state index in [0.29, 0.717) is 11.4 Å². The minimum absolute atomic E-state index is 0.143. The number of carboxylic acid groups (broad SMARTS) is 2. The standard InChI is InChI=1S/C16H25N5O6S/c1-28-5-4-12(16(26)27)21-15(25)11(2-3-13(22)23)20-14(24)10(17)6-9-7-18-8-19-9/h7-8,10-12H,2-6,17H2,1H3,(H,18,19)(H,20,24)(H,21,25)(H,22,23)(H,26,27). The predicted molar refractivity (Wildman–Crippen MR) is 102 cm³/mol.